The van der Waals surface area contributed by atoms with E-state index in [0.717, 1.165) is 17.7 Å². The molecule has 0 heterocycles. The van der Waals surface area contributed by atoms with Crippen LogP contribution < -0.4 is 16.2 Å². The normalized spacial score (nSPS) is 14.2. The van der Waals surface area contributed by atoms with Crippen molar-refractivity contribution in [2.24, 2.45) is 11.5 Å². The van der Waals surface area contributed by atoms with E-state index in [1.165, 1.54) is 0 Å². The van der Waals surface area contributed by atoms with Gasteiger partial charge in [0.15, 0.2) is 0 Å². The molecular weight excluding hydrogens is 204 g/mol. The number of carbonyl (C=O) groups excluding carboxylic acids is 1. The van der Waals surface area contributed by atoms with Crippen LogP contribution in [0.15, 0.2) is 24.3 Å². The molecule has 1 amide bonds. The summed E-state index contributed by atoms with van der Waals surface area (Å²) in [4.78, 5) is 11.0. The number of amides is 1. The Balaban J connectivity index is 2.58. The number of rotatable bonds is 5. The van der Waals surface area contributed by atoms with Crippen molar-refractivity contribution in [3.63, 3.8) is 0 Å². The maximum absolute atomic E-state index is 11.0. The summed E-state index contributed by atoms with van der Waals surface area (Å²) < 4.78 is 5.05. The third-order valence-corrected chi connectivity index (χ3v) is 2.65. The van der Waals surface area contributed by atoms with Crippen LogP contribution in [0.2, 0.25) is 0 Å². The first-order chi connectivity index (χ1) is 7.45. The van der Waals surface area contributed by atoms with Crippen LogP contribution in [0.1, 0.15) is 18.9 Å². The van der Waals surface area contributed by atoms with Gasteiger partial charge in [-0.1, -0.05) is 12.1 Å². The highest BCUT2D eigenvalue weighted by Gasteiger charge is 2.24. The zero-order valence-electron chi connectivity index (χ0n) is 9.69. The van der Waals surface area contributed by atoms with Gasteiger partial charge in [0.25, 0.3) is 0 Å². The Bertz CT molecular complexity index is 358. The van der Waals surface area contributed by atoms with Gasteiger partial charge in [0, 0.05) is 0 Å². The molecule has 1 atom stereocenters. The minimum atomic E-state index is -0.945. The molecule has 0 radical (unpaired) electrons. The molecular formula is C12H18N2O2. The zero-order valence-corrected chi connectivity index (χ0v) is 9.69. The van der Waals surface area contributed by atoms with Gasteiger partial charge in [-0.2, -0.15) is 0 Å². The third-order valence-electron chi connectivity index (χ3n) is 2.65. The Labute approximate surface area is 95.6 Å². The Kier molecular flexibility index (Phi) is 3.90. The molecule has 4 heteroatoms. The first kappa shape index (κ1) is 12.5. The average molecular weight is 222 g/mol. The summed E-state index contributed by atoms with van der Waals surface area (Å²) in [5.74, 6) is 0.343. The Morgan fingerprint density at radius 3 is 2.38 bits per heavy atom. The van der Waals surface area contributed by atoms with E-state index in [1.54, 1.807) is 14.0 Å². The van der Waals surface area contributed by atoms with Crippen LogP contribution in [0.4, 0.5) is 0 Å². The van der Waals surface area contributed by atoms with Crippen LogP contribution in [0, 0.1) is 0 Å². The summed E-state index contributed by atoms with van der Waals surface area (Å²) in [6.45, 7) is 1.65. The number of benzene rings is 1. The molecule has 0 bridgehead atoms. The van der Waals surface area contributed by atoms with E-state index in [1.807, 2.05) is 24.3 Å². The summed E-state index contributed by atoms with van der Waals surface area (Å²) in [5.41, 5.74) is 11.1. The number of nitrogens with two attached hydrogens (primary N) is 2. The van der Waals surface area contributed by atoms with Crippen molar-refractivity contribution in [3.8, 4) is 5.75 Å². The minimum Gasteiger partial charge on any atom is -0.497 e. The Morgan fingerprint density at radius 1 is 1.38 bits per heavy atom. The number of primary amides is 1. The van der Waals surface area contributed by atoms with Crippen molar-refractivity contribution >= 4 is 5.91 Å². The monoisotopic (exact) mass is 222 g/mol. The topological polar surface area (TPSA) is 78.3 Å². The molecule has 4 nitrogen and oxygen atoms in total. The van der Waals surface area contributed by atoms with Gasteiger partial charge in [-0.3, -0.25) is 4.79 Å². The van der Waals surface area contributed by atoms with Crippen LogP contribution in [0.5, 0.6) is 5.75 Å². The highest BCUT2D eigenvalue weighted by Crippen LogP contribution is 2.15. The molecule has 0 saturated carbocycles. The number of carbonyl (C=O) groups is 1. The number of methoxy groups -OCH3 is 1. The average Bonchev–Trinajstić information content (AvgIpc) is 2.27. The second-order valence-electron chi connectivity index (χ2n) is 4.13. The van der Waals surface area contributed by atoms with E-state index in [4.69, 9.17) is 16.2 Å². The first-order valence-corrected chi connectivity index (χ1v) is 5.17. The number of ether oxygens (including phenoxy) is 1. The lowest BCUT2D eigenvalue weighted by Gasteiger charge is -2.20. The predicted molar refractivity (Wildman–Crippen MR) is 63.1 cm³/mol. The smallest absolute Gasteiger partial charge is 0.237 e. The van der Waals surface area contributed by atoms with E-state index >= 15 is 0 Å². The fourth-order valence-electron chi connectivity index (χ4n) is 1.32. The first-order valence-electron chi connectivity index (χ1n) is 5.17. The molecule has 0 aliphatic heterocycles. The minimum absolute atomic E-state index is 0.471. The lowest BCUT2D eigenvalue weighted by atomic mass is 9.94. The lowest BCUT2D eigenvalue weighted by Crippen LogP contribution is -2.49. The van der Waals surface area contributed by atoms with Crippen molar-refractivity contribution in [3.05, 3.63) is 29.8 Å². The lowest BCUT2D eigenvalue weighted by molar-refractivity contribution is -0.122. The largest absolute Gasteiger partial charge is 0.497 e. The molecule has 1 rings (SSSR count). The van der Waals surface area contributed by atoms with Crippen molar-refractivity contribution in [1.82, 2.24) is 0 Å². The molecule has 0 aliphatic rings. The second kappa shape index (κ2) is 4.99. The SMILES string of the molecule is COc1ccc(CCC(C)(N)C(N)=O)cc1. The van der Waals surface area contributed by atoms with Gasteiger partial charge in [0.2, 0.25) is 5.91 Å². The second-order valence-corrected chi connectivity index (χ2v) is 4.13. The van der Waals surface area contributed by atoms with Crippen LogP contribution in [0.25, 0.3) is 0 Å². The van der Waals surface area contributed by atoms with Gasteiger partial charge < -0.3 is 16.2 Å². The van der Waals surface area contributed by atoms with Gasteiger partial charge >= 0.3 is 0 Å². The number of aryl methyl sites for hydroxylation is 1. The predicted octanol–water partition coefficient (Wildman–Crippen LogP) is 0.831. The molecule has 16 heavy (non-hydrogen) atoms. The molecule has 0 spiro atoms. The maximum atomic E-state index is 11.0. The van der Waals surface area contributed by atoms with Crippen LogP contribution in [0.3, 0.4) is 0 Å². The molecule has 1 aromatic rings. The van der Waals surface area contributed by atoms with Gasteiger partial charge in [-0.15, -0.1) is 0 Å². The Hall–Kier alpha value is -1.55. The summed E-state index contributed by atoms with van der Waals surface area (Å²) in [6, 6.07) is 7.67. The Morgan fingerprint density at radius 2 is 1.94 bits per heavy atom. The van der Waals surface area contributed by atoms with Gasteiger partial charge in [-0.25, -0.2) is 0 Å². The molecule has 88 valence electrons. The highest BCUT2D eigenvalue weighted by molar-refractivity contribution is 5.83. The fraction of sp³-hybridized carbons (Fsp3) is 0.417. The van der Waals surface area contributed by atoms with Crippen molar-refractivity contribution in [2.75, 3.05) is 7.11 Å². The zero-order chi connectivity index (χ0) is 12.2. The summed E-state index contributed by atoms with van der Waals surface area (Å²) in [5, 5.41) is 0. The quantitative estimate of drug-likeness (QED) is 0.774. The summed E-state index contributed by atoms with van der Waals surface area (Å²) >= 11 is 0. The highest BCUT2D eigenvalue weighted by atomic mass is 16.5. The molecule has 0 fully saturated rings. The van der Waals surface area contributed by atoms with E-state index in [-0.39, 0.29) is 0 Å². The third kappa shape index (κ3) is 3.24. The fourth-order valence-corrected chi connectivity index (χ4v) is 1.32. The van der Waals surface area contributed by atoms with Crippen molar-refractivity contribution in [2.45, 2.75) is 25.3 Å². The maximum Gasteiger partial charge on any atom is 0.237 e. The standard InChI is InChI=1S/C12H18N2O2/c1-12(14,11(13)15)8-7-9-3-5-10(16-2)6-4-9/h3-6H,7-8,14H2,1-2H3,(H2,13,15). The molecule has 0 aromatic heterocycles. The van der Waals surface area contributed by atoms with Crippen molar-refractivity contribution < 1.29 is 9.53 Å². The number of hydrogen-bond donors (Lipinski definition) is 2. The number of hydrogen-bond acceptors (Lipinski definition) is 3. The van der Waals surface area contributed by atoms with E-state index in [9.17, 15) is 4.79 Å². The van der Waals surface area contributed by atoms with Crippen LogP contribution in [-0.2, 0) is 11.2 Å². The molecule has 0 saturated heterocycles. The molecule has 4 N–H and O–H groups in total. The summed E-state index contributed by atoms with van der Waals surface area (Å²) in [6.07, 6.45) is 1.26. The molecule has 0 aliphatic carbocycles. The van der Waals surface area contributed by atoms with Gasteiger partial charge in [0.05, 0.1) is 12.6 Å². The van der Waals surface area contributed by atoms with Gasteiger partial charge in [-0.05, 0) is 37.5 Å². The van der Waals surface area contributed by atoms with Crippen LogP contribution >= 0.6 is 0 Å². The molecule has 1 aromatic carbocycles. The van der Waals surface area contributed by atoms with Crippen molar-refractivity contribution in [1.29, 1.82) is 0 Å². The van der Waals surface area contributed by atoms with E-state index < -0.39 is 11.4 Å². The summed E-state index contributed by atoms with van der Waals surface area (Å²) in [7, 11) is 1.62. The van der Waals surface area contributed by atoms with Crippen LogP contribution in [-0.4, -0.2) is 18.6 Å². The van der Waals surface area contributed by atoms with E-state index in [2.05, 4.69) is 0 Å². The molecule has 1 unspecified atom stereocenters. The van der Waals surface area contributed by atoms with E-state index in [0.29, 0.717) is 6.42 Å². The van der Waals surface area contributed by atoms with Gasteiger partial charge in [0.1, 0.15) is 5.75 Å².